The Kier molecular flexibility index (Phi) is 9.01. The smallest absolute Gasteiger partial charge is 0.223 e. The molecule has 0 amide bonds. The Balaban J connectivity index is 0.00000288. The van der Waals surface area contributed by atoms with Gasteiger partial charge in [-0.1, -0.05) is 31.8 Å². The van der Waals surface area contributed by atoms with Gasteiger partial charge >= 0.3 is 0 Å². The molecule has 138 valence electrons. The molecule has 2 rings (SSSR count). The molecule has 0 aliphatic heterocycles. The molecule has 7 heteroatoms. The van der Waals surface area contributed by atoms with E-state index in [1.165, 1.54) is 32.1 Å². The minimum Gasteiger partial charge on any atom is -0.357 e. The van der Waals surface area contributed by atoms with E-state index in [0.717, 1.165) is 25.0 Å². The normalized spacial score (nSPS) is 17.0. The molecule has 0 radical (unpaired) electrons. The minimum atomic E-state index is 0. The van der Waals surface area contributed by atoms with E-state index in [4.69, 9.17) is 4.52 Å². The van der Waals surface area contributed by atoms with Gasteiger partial charge in [-0.15, -0.1) is 24.0 Å². The van der Waals surface area contributed by atoms with Crippen molar-refractivity contribution in [1.29, 1.82) is 0 Å². The van der Waals surface area contributed by atoms with E-state index < -0.39 is 0 Å². The van der Waals surface area contributed by atoms with Crippen molar-refractivity contribution in [1.82, 2.24) is 20.8 Å². The second kappa shape index (κ2) is 10.2. The summed E-state index contributed by atoms with van der Waals surface area (Å²) >= 11 is 0. The van der Waals surface area contributed by atoms with E-state index in [-0.39, 0.29) is 24.0 Å². The van der Waals surface area contributed by atoms with Crippen LogP contribution in [0, 0.1) is 18.3 Å². The van der Waals surface area contributed by atoms with Gasteiger partial charge in [-0.3, -0.25) is 0 Å². The number of rotatable bonds is 7. The Morgan fingerprint density at radius 3 is 2.54 bits per heavy atom. The number of aryl methyl sites for hydroxylation is 1. The maximum Gasteiger partial charge on any atom is 0.223 e. The molecule has 1 aliphatic rings. The van der Waals surface area contributed by atoms with Gasteiger partial charge in [0.05, 0.1) is 0 Å². The molecule has 0 spiro atoms. The lowest BCUT2D eigenvalue weighted by Crippen LogP contribution is -2.43. The van der Waals surface area contributed by atoms with Crippen molar-refractivity contribution in [3.63, 3.8) is 0 Å². The summed E-state index contributed by atoms with van der Waals surface area (Å²) in [5, 5.41) is 10.7. The predicted molar refractivity (Wildman–Crippen MR) is 108 cm³/mol. The lowest BCUT2D eigenvalue weighted by Gasteiger charge is -2.31. The van der Waals surface area contributed by atoms with Crippen LogP contribution in [0.1, 0.15) is 64.6 Å². The first-order valence-electron chi connectivity index (χ1n) is 8.84. The van der Waals surface area contributed by atoms with Crippen LogP contribution in [0.3, 0.4) is 0 Å². The summed E-state index contributed by atoms with van der Waals surface area (Å²) < 4.78 is 4.99. The standard InChI is InChI=1S/C17H31N5O.HI/c1-5-18-16(19-11-15-21-14(4)23-22-15)20-12-17(10-13(2)3)8-6-7-9-17;/h13H,5-12H2,1-4H3,(H2,18,19,20);1H. The molecule has 1 aromatic heterocycles. The number of aliphatic imine (C=N–C) groups is 1. The molecule has 0 atom stereocenters. The van der Waals surface area contributed by atoms with Crippen LogP contribution in [-0.2, 0) is 6.54 Å². The van der Waals surface area contributed by atoms with Crippen LogP contribution in [0.25, 0.3) is 0 Å². The van der Waals surface area contributed by atoms with Crippen molar-refractivity contribution >= 4 is 29.9 Å². The van der Waals surface area contributed by atoms with Gasteiger partial charge in [0.2, 0.25) is 5.89 Å². The third-order valence-corrected chi connectivity index (χ3v) is 4.43. The summed E-state index contributed by atoms with van der Waals surface area (Å²) in [6, 6.07) is 0. The first kappa shape index (κ1) is 21.2. The molecule has 2 N–H and O–H groups in total. The molecule has 0 aromatic carbocycles. The molecule has 1 fully saturated rings. The molecule has 0 saturated heterocycles. The highest BCUT2D eigenvalue weighted by atomic mass is 127. The summed E-state index contributed by atoms with van der Waals surface area (Å²) in [7, 11) is 0. The summed E-state index contributed by atoms with van der Waals surface area (Å²) in [4.78, 5) is 8.77. The summed E-state index contributed by atoms with van der Waals surface area (Å²) in [5.74, 6) is 2.77. The van der Waals surface area contributed by atoms with Gasteiger partial charge in [0, 0.05) is 20.0 Å². The fraction of sp³-hybridized carbons (Fsp3) is 0.824. The molecule has 1 saturated carbocycles. The van der Waals surface area contributed by atoms with E-state index in [9.17, 15) is 0 Å². The van der Waals surface area contributed by atoms with Crippen LogP contribution >= 0.6 is 24.0 Å². The van der Waals surface area contributed by atoms with Gasteiger partial charge in [0.1, 0.15) is 6.54 Å². The van der Waals surface area contributed by atoms with Crippen molar-refractivity contribution in [3.05, 3.63) is 11.7 Å². The Bertz CT molecular complexity index is 509. The van der Waals surface area contributed by atoms with Crippen molar-refractivity contribution < 1.29 is 4.52 Å². The summed E-state index contributed by atoms with van der Waals surface area (Å²) in [6.45, 7) is 10.8. The van der Waals surface area contributed by atoms with E-state index in [1.807, 2.05) is 0 Å². The zero-order valence-electron chi connectivity index (χ0n) is 15.4. The second-order valence-corrected chi connectivity index (χ2v) is 7.08. The fourth-order valence-corrected chi connectivity index (χ4v) is 3.61. The maximum atomic E-state index is 4.99. The first-order valence-corrected chi connectivity index (χ1v) is 8.84. The minimum absolute atomic E-state index is 0. The van der Waals surface area contributed by atoms with E-state index in [2.05, 4.69) is 46.5 Å². The van der Waals surface area contributed by atoms with Crippen LogP contribution in [-0.4, -0.2) is 29.2 Å². The number of hydrogen-bond acceptors (Lipinski definition) is 4. The lowest BCUT2D eigenvalue weighted by atomic mass is 9.78. The molecule has 1 aromatic rings. The zero-order chi connectivity index (χ0) is 16.7. The quantitative estimate of drug-likeness (QED) is 0.378. The molecular weight excluding hydrogens is 417 g/mol. The third-order valence-electron chi connectivity index (χ3n) is 4.43. The lowest BCUT2D eigenvalue weighted by molar-refractivity contribution is 0.234. The van der Waals surface area contributed by atoms with Crippen LogP contribution in [0.15, 0.2) is 9.52 Å². The van der Waals surface area contributed by atoms with Crippen molar-refractivity contribution in [2.24, 2.45) is 16.3 Å². The number of nitrogens with zero attached hydrogens (tertiary/aromatic N) is 3. The molecule has 6 nitrogen and oxygen atoms in total. The van der Waals surface area contributed by atoms with E-state index >= 15 is 0 Å². The highest BCUT2D eigenvalue weighted by molar-refractivity contribution is 14.0. The van der Waals surface area contributed by atoms with E-state index in [1.54, 1.807) is 6.92 Å². The third kappa shape index (κ3) is 6.57. The maximum absolute atomic E-state index is 4.99. The van der Waals surface area contributed by atoms with Crippen LogP contribution < -0.4 is 10.6 Å². The molecular formula is C17H32IN5O. The van der Waals surface area contributed by atoms with Crippen molar-refractivity contribution in [2.45, 2.75) is 66.3 Å². The number of nitrogens with one attached hydrogen (secondary N) is 2. The Morgan fingerprint density at radius 1 is 1.29 bits per heavy atom. The molecule has 1 heterocycles. The molecule has 1 aliphatic carbocycles. The van der Waals surface area contributed by atoms with Gasteiger partial charge in [-0.2, -0.15) is 4.98 Å². The largest absolute Gasteiger partial charge is 0.357 e. The SMILES string of the molecule is CCNC(=NCc1noc(C)n1)NCC1(CC(C)C)CCCC1.I. The predicted octanol–water partition coefficient (Wildman–Crippen LogP) is 3.66. The highest BCUT2D eigenvalue weighted by Crippen LogP contribution is 2.42. The van der Waals surface area contributed by atoms with Crippen LogP contribution in [0.2, 0.25) is 0 Å². The summed E-state index contributed by atoms with van der Waals surface area (Å²) in [5.41, 5.74) is 0.424. The fourth-order valence-electron chi connectivity index (χ4n) is 3.61. The number of halogens is 1. The van der Waals surface area contributed by atoms with Gasteiger partial charge in [0.15, 0.2) is 11.8 Å². The number of aromatic nitrogens is 2. The van der Waals surface area contributed by atoms with Crippen molar-refractivity contribution in [2.75, 3.05) is 13.1 Å². The summed E-state index contributed by atoms with van der Waals surface area (Å²) in [6.07, 6.45) is 6.63. The Labute approximate surface area is 162 Å². The topological polar surface area (TPSA) is 75.3 Å². The van der Waals surface area contributed by atoms with Gasteiger partial charge in [0.25, 0.3) is 0 Å². The monoisotopic (exact) mass is 449 g/mol. The van der Waals surface area contributed by atoms with Crippen LogP contribution in [0.4, 0.5) is 0 Å². The Morgan fingerprint density at radius 2 is 2.00 bits per heavy atom. The molecule has 24 heavy (non-hydrogen) atoms. The van der Waals surface area contributed by atoms with Gasteiger partial charge in [-0.25, -0.2) is 4.99 Å². The highest BCUT2D eigenvalue weighted by Gasteiger charge is 2.34. The Hall–Kier alpha value is -0.860. The zero-order valence-corrected chi connectivity index (χ0v) is 17.7. The van der Waals surface area contributed by atoms with E-state index in [0.29, 0.717) is 23.7 Å². The molecule has 0 unspecified atom stereocenters. The number of hydrogen-bond donors (Lipinski definition) is 2. The second-order valence-electron chi connectivity index (χ2n) is 7.08. The average Bonchev–Trinajstić information content (AvgIpc) is 3.11. The van der Waals surface area contributed by atoms with Crippen LogP contribution in [0.5, 0.6) is 0 Å². The average molecular weight is 449 g/mol. The molecule has 0 bridgehead atoms. The van der Waals surface area contributed by atoms with Crippen molar-refractivity contribution in [3.8, 4) is 0 Å². The van der Waals surface area contributed by atoms with Gasteiger partial charge in [-0.05, 0) is 37.5 Å². The first-order chi connectivity index (χ1) is 11.0. The van der Waals surface area contributed by atoms with Gasteiger partial charge < -0.3 is 15.2 Å². The number of guanidine groups is 1.